The van der Waals surface area contributed by atoms with Crippen molar-refractivity contribution in [2.24, 2.45) is 0 Å². The van der Waals surface area contributed by atoms with Crippen LogP contribution < -0.4 is 10.9 Å². The van der Waals surface area contributed by atoms with Gasteiger partial charge >= 0.3 is 5.97 Å². The van der Waals surface area contributed by atoms with Crippen LogP contribution in [0, 0.1) is 0 Å². The molecule has 0 aliphatic heterocycles. The Morgan fingerprint density at radius 1 is 1.62 bits per heavy atom. The summed E-state index contributed by atoms with van der Waals surface area (Å²) < 4.78 is 1.48. The zero-order valence-corrected chi connectivity index (χ0v) is 12.5. The summed E-state index contributed by atoms with van der Waals surface area (Å²) in [6.45, 7) is 0. The fourth-order valence-corrected chi connectivity index (χ4v) is 3.34. The van der Waals surface area contributed by atoms with Crippen molar-refractivity contribution in [2.45, 2.75) is 18.2 Å². The highest BCUT2D eigenvalue weighted by Crippen LogP contribution is 2.13. The van der Waals surface area contributed by atoms with E-state index in [1.54, 1.807) is 11.6 Å². The van der Waals surface area contributed by atoms with Gasteiger partial charge in [0.1, 0.15) is 6.04 Å². The molecule has 0 saturated carbocycles. The predicted molar refractivity (Wildman–Crippen MR) is 80.7 cm³/mol. The number of carbonyl (C=O) groups is 2. The van der Waals surface area contributed by atoms with Gasteiger partial charge in [0.05, 0.1) is 5.69 Å². The normalized spacial score (nSPS) is 12.2. The Morgan fingerprint density at radius 3 is 3.14 bits per heavy atom. The Hall–Kier alpha value is -1.87. The average Bonchev–Trinajstić information content (AvgIpc) is 2.91. The fourth-order valence-electron chi connectivity index (χ4n) is 1.70. The Morgan fingerprint density at radius 2 is 2.43 bits per heavy atom. The molecule has 0 aliphatic rings. The van der Waals surface area contributed by atoms with Crippen LogP contribution in [0.4, 0.5) is 0 Å². The molecule has 21 heavy (non-hydrogen) atoms. The molecular weight excluding hydrogens is 314 g/mol. The number of aromatic nitrogens is 2. The number of hydrogen-bond acceptors (Lipinski definition) is 6. The molecule has 2 rings (SSSR count). The summed E-state index contributed by atoms with van der Waals surface area (Å²) in [4.78, 5) is 37.9. The number of thiazole rings is 1. The van der Waals surface area contributed by atoms with Crippen LogP contribution in [0.1, 0.15) is 12.1 Å². The van der Waals surface area contributed by atoms with Gasteiger partial charge in [0.15, 0.2) is 4.96 Å². The molecule has 1 atom stereocenters. The predicted octanol–water partition coefficient (Wildman–Crippen LogP) is 0.578. The van der Waals surface area contributed by atoms with Gasteiger partial charge in [-0.25, -0.2) is 9.78 Å². The van der Waals surface area contributed by atoms with Crippen LogP contribution in [0.2, 0.25) is 0 Å². The first-order chi connectivity index (χ1) is 10.1. The third kappa shape index (κ3) is 4.05. The van der Waals surface area contributed by atoms with E-state index in [0.717, 1.165) is 0 Å². The minimum Gasteiger partial charge on any atom is -0.480 e. The number of thioether (sulfide) groups is 1. The maximum Gasteiger partial charge on any atom is 0.326 e. The summed E-state index contributed by atoms with van der Waals surface area (Å²) in [5.41, 5.74) is 0.547. The van der Waals surface area contributed by atoms with Crippen LogP contribution in [0.3, 0.4) is 0 Å². The quantitative estimate of drug-likeness (QED) is 0.543. The van der Waals surface area contributed by atoms with Gasteiger partial charge in [0, 0.05) is 23.4 Å². The van der Waals surface area contributed by atoms with Crippen molar-refractivity contribution in [3.05, 3.63) is 33.7 Å². The summed E-state index contributed by atoms with van der Waals surface area (Å²) in [5.74, 6) is 0.0134. The van der Waals surface area contributed by atoms with E-state index in [0.29, 0.717) is 35.0 Å². The van der Waals surface area contributed by atoms with Gasteiger partial charge in [-0.1, -0.05) is 0 Å². The largest absolute Gasteiger partial charge is 0.480 e. The van der Waals surface area contributed by atoms with Gasteiger partial charge < -0.3 is 10.4 Å². The summed E-state index contributed by atoms with van der Waals surface area (Å²) >= 11 is 2.86. The second kappa shape index (κ2) is 7.23. The molecule has 7 nitrogen and oxygen atoms in total. The van der Waals surface area contributed by atoms with E-state index in [4.69, 9.17) is 5.11 Å². The standard InChI is InChI=1S/C12H13N3O4S2/c16-7-13-9(11(18)19)1-3-20-6-8-5-10(17)15-2-4-21-12(15)14-8/h2,4-5,7,9H,1,3,6H2,(H,13,16)(H,18,19). The Labute approximate surface area is 128 Å². The zero-order valence-electron chi connectivity index (χ0n) is 10.9. The molecule has 2 aromatic rings. The van der Waals surface area contributed by atoms with E-state index in [1.165, 1.54) is 33.6 Å². The molecule has 0 spiro atoms. The van der Waals surface area contributed by atoms with Crippen LogP contribution in [0.5, 0.6) is 0 Å². The molecule has 1 unspecified atom stereocenters. The maximum absolute atomic E-state index is 11.8. The smallest absolute Gasteiger partial charge is 0.326 e. The van der Waals surface area contributed by atoms with Crippen molar-refractivity contribution in [3.8, 4) is 0 Å². The maximum atomic E-state index is 11.8. The number of nitrogens with zero attached hydrogens (tertiary/aromatic N) is 2. The molecule has 0 radical (unpaired) electrons. The highest BCUT2D eigenvalue weighted by atomic mass is 32.2. The van der Waals surface area contributed by atoms with Crippen molar-refractivity contribution in [1.29, 1.82) is 0 Å². The van der Waals surface area contributed by atoms with Gasteiger partial charge in [-0.3, -0.25) is 14.0 Å². The lowest BCUT2D eigenvalue weighted by Gasteiger charge is -2.10. The molecule has 0 aromatic carbocycles. The van der Waals surface area contributed by atoms with Crippen LogP contribution >= 0.6 is 23.1 Å². The number of carboxylic acids is 1. The first-order valence-electron chi connectivity index (χ1n) is 6.08. The molecule has 2 heterocycles. The second-order valence-corrected chi connectivity index (χ2v) is 6.14. The topological polar surface area (TPSA) is 101 Å². The van der Waals surface area contributed by atoms with Crippen LogP contribution in [0.15, 0.2) is 22.4 Å². The number of carboxylic acid groups (broad SMARTS) is 1. The summed E-state index contributed by atoms with van der Waals surface area (Å²) in [6, 6.07) is 0.596. The SMILES string of the molecule is O=CNC(CCSCc1cc(=O)n2ccsc2n1)C(=O)O. The lowest BCUT2D eigenvalue weighted by Crippen LogP contribution is -2.36. The average molecular weight is 327 g/mol. The van der Waals surface area contributed by atoms with E-state index in [2.05, 4.69) is 10.3 Å². The number of aliphatic carboxylic acids is 1. The molecule has 2 N–H and O–H groups in total. The second-order valence-electron chi connectivity index (χ2n) is 4.16. The van der Waals surface area contributed by atoms with Crippen molar-refractivity contribution in [1.82, 2.24) is 14.7 Å². The Bertz CT molecular complexity index is 697. The molecule has 0 saturated heterocycles. The van der Waals surface area contributed by atoms with Gasteiger partial charge in [0.25, 0.3) is 5.56 Å². The minimum atomic E-state index is -1.06. The summed E-state index contributed by atoms with van der Waals surface area (Å²) in [6.07, 6.45) is 2.38. The van der Waals surface area contributed by atoms with Crippen LogP contribution in [-0.4, -0.2) is 38.7 Å². The monoisotopic (exact) mass is 327 g/mol. The lowest BCUT2D eigenvalue weighted by atomic mass is 10.2. The third-order valence-corrected chi connectivity index (χ3v) is 4.51. The number of amides is 1. The van der Waals surface area contributed by atoms with Crippen LogP contribution in [-0.2, 0) is 15.3 Å². The number of hydrogen-bond donors (Lipinski definition) is 2. The molecule has 1 amide bonds. The molecule has 0 fully saturated rings. The van der Waals surface area contributed by atoms with E-state index in [-0.39, 0.29) is 5.56 Å². The highest BCUT2D eigenvalue weighted by Gasteiger charge is 2.15. The van der Waals surface area contributed by atoms with Gasteiger partial charge in [-0.15, -0.1) is 11.3 Å². The molecule has 0 bridgehead atoms. The highest BCUT2D eigenvalue weighted by molar-refractivity contribution is 7.98. The van der Waals surface area contributed by atoms with E-state index in [1.807, 2.05) is 0 Å². The summed E-state index contributed by atoms with van der Waals surface area (Å²) in [5, 5.41) is 12.9. The van der Waals surface area contributed by atoms with Crippen molar-refractivity contribution in [3.63, 3.8) is 0 Å². The minimum absolute atomic E-state index is 0.122. The van der Waals surface area contributed by atoms with Crippen LogP contribution in [0.25, 0.3) is 4.96 Å². The number of carbonyl (C=O) groups excluding carboxylic acids is 1. The molecule has 9 heteroatoms. The number of rotatable bonds is 8. The van der Waals surface area contributed by atoms with E-state index < -0.39 is 12.0 Å². The number of nitrogens with one attached hydrogen (secondary N) is 1. The summed E-state index contributed by atoms with van der Waals surface area (Å²) in [7, 11) is 0. The molecule has 112 valence electrons. The first kappa shape index (κ1) is 15.5. The van der Waals surface area contributed by atoms with Gasteiger partial charge in [-0.2, -0.15) is 11.8 Å². The van der Waals surface area contributed by atoms with E-state index >= 15 is 0 Å². The lowest BCUT2D eigenvalue weighted by molar-refractivity contribution is -0.140. The molecule has 0 aliphatic carbocycles. The van der Waals surface area contributed by atoms with Gasteiger partial charge in [0.2, 0.25) is 6.41 Å². The fraction of sp³-hybridized carbons (Fsp3) is 0.333. The van der Waals surface area contributed by atoms with E-state index in [9.17, 15) is 14.4 Å². The van der Waals surface area contributed by atoms with Crippen molar-refractivity contribution < 1.29 is 14.7 Å². The molecule has 2 aromatic heterocycles. The third-order valence-electron chi connectivity index (χ3n) is 2.72. The Balaban J connectivity index is 1.88. The first-order valence-corrected chi connectivity index (χ1v) is 8.11. The molecular formula is C12H13N3O4S2. The van der Waals surface area contributed by atoms with Crippen molar-refractivity contribution in [2.75, 3.05) is 5.75 Å². The number of fused-ring (bicyclic) bond motifs is 1. The Kier molecular flexibility index (Phi) is 5.34. The van der Waals surface area contributed by atoms with Gasteiger partial charge in [-0.05, 0) is 12.2 Å². The zero-order chi connectivity index (χ0) is 15.2. The van der Waals surface area contributed by atoms with Crippen molar-refractivity contribution >= 4 is 40.4 Å².